The Morgan fingerprint density at radius 2 is 2.14 bits per heavy atom. The Balaban J connectivity index is 1.95. The normalized spacial score (nSPS) is 15.5. The molecule has 0 atom stereocenters. The van der Waals surface area contributed by atoms with Gasteiger partial charge in [-0.25, -0.2) is 13.1 Å². The average molecular weight is 326 g/mol. The van der Waals surface area contributed by atoms with Crippen molar-refractivity contribution in [3.05, 3.63) is 29.2 Å². The summed E-state index contributed by atoms with van der Waals surface area (Å²) >= 11 is 0. The summed E-state index contributed by atoms with van der Waals surface area (Å²) < 4.78 is 31.0. The number of sulfonamides is 1. The van der Waals surface area contributed by atoms with Crippen molar-refractivity contribution in [2.24, 2.45) is 0 Å². The largest absolute Gasteiger partial charge is 0.455 e. The van der Waals surface area contributed by atoms with Crippen LogP contribution >= 0.6 is 0 Å². The van der Waals surface area contributed by atoms with Crippen LogP contribution in [0.25, 0.3) is 0 Å². The summed E-state index contributed by atoms with van der Waals surface area (Å²) in [6.07, 6.45) is 7.73. The number of furan rings is 1. The van der Waals surface area contributed by atoms with Gasteiger partial charge < -0.3 is 9.73 Å². The highest BCUT2D eigenvalue weighted by atomic mass is 32.2. The van der Waals surface area contributed by atoms with Crippen molar-refractivity contribution in [3.63, 3.8) is 0 Å². The predicted molar refractivity (Wildman–Crippen MR) is 83.2 cm³/mol. The molecule has 2 rings (SSSR count). The first kappa shape index (κ1) is 16.8. The first-order valence-corrected chi connectivity index (χ1v) is 8.92. The van der Waals surface area contributed by atoms with Crippen LogP contribution in [-0.2, 0) is 10.0 Å². The summed E-state index contributed by atoms with van der Waals surface area (Å²) in [5.41, 5.74) is 1.38. The maximum atomic E-state index is 12.0. The zero-order valence-electron chi connectivity index (χ0n) is 12.9. The Bertz CT molecular complexity index is 674. The van der Waals surface area contributed by atoms with Crippen molar-refractivity contribution in [1.82, 2.24) is 10.0 Å². The van der Waals surface area contributed by atoms with Gasteiger partial charge in [0.25, 0.3) is 5.91 Å². The van der Waals surface area contributed by atoms with Crippen LogP contribution in [0.5, 0.6) is 0 Å². The van der Waals surface area contributed by atoms with Gasteiger partial charge in [-0.2, -0.15) is 0 Å². The molecule has 0 radical (unpaired) electrons. The first-order valence-electron chi connectivity index (χ1n) is 7.44. The topological polar surface area (TPSA) is 88.4 Å². The van der Waals surface area contributed by atoms with Crippen LogP contribution in [0.4, 0.5) is 0 Å². The van der Waals surface area contributed by atoms with Gasteiger partial charge in [0.2, 0.25) is 10.0 Å². The lowest BCUT2D eigenvalue weighted by atomic mass is 9.97. The number of carbonyl (C=O) groups excluding carboxylic acids is 1. The third-order valence-electron chi connectivity index (χ3n) is 3.77. The predicted octanol–water partition coefficient (Wildman–Crippen LogP) is 2.12. The molecule has 0 saturated carbocycles. The zero-order chi connectivity index (χ0) is 16.2. The highest BCUT2D eigenvalue weighted by molar-refractivity contribution is 7.89. The van der Waals surface area contributed by atoms with Crippen molar-refractivity contribution in [2.45, 2.75) is 43.9 Å². The third kappa shape index (κ3) is 3.98. The Labute approximate surface area is 131 Å². The lowest BCUT2D eigenvalue weighted by Gasteiger charge is -2.12. The van der Waals surface area contributed by atoms with E-state index in [0.717, 1.165) is 19.3 Å². The average Bonchev–Trinajstić information content (AvgIpc) is 2.91. The van der Waals surface area contributed by atoms with Gasteiger partial charge in [-0.15, -0.1) is 0 Å². The molecular formula is C15H22N2O4S. The summed E-state index contributed by atoms with van der Waals surface area (Å²) in [4.78, 5) is 12.0. The van der Waals surface area contributed by atoms with Crippen LogP contribution in [0.2, 0.25) is 0 Å². The molecule has 1 aliphatic carbocycles. The van der Waals surface area contributed by atoms with Crippen molar-refractivity contribution in [3.8, 4) is 0 Å². The highest BCUT2D eigenvalue weighted by Gasteiger charge is 2.22. The van der Waals surface area contributed by atoms with Gasteiger partial charge in [-0.3, -0.25) is 4.79 Å². The molecular weight excluding hydrogens is 304 g/mol. The molecule has 0 saturated heterocycles. The number of hydrogen-bond acceptors (Lipinski definition) is 4. The van der Waals surface area contributed by atoms with E-state index in [1.165, 1.54) is 38.5 Å². The van der Waals surface area contributed by atoms with Crippen molar-refractivity contribution >= 4 is 15.9 Å². The number of nitrogens with one attached hydrogen (secondary N) is 2. The molecule has 0 aliphatic heterocycles. The summed E-state index contributed by atoms with van der Waals surface area (Å²) in [7, 11) is -2.29. The van der Waals surface area contributed by atoms with E-state index in [1.807, 2.05) is 0 Å². The van der Waals surface area contributed by atoms with Crippen molar-refractivity contribution in [1.29, 1.82) is 0 Å². The lowest BCUT2D eigenvalue weighted by Crippen LogP contribution is -2.24. The molecule has 0 unspecified atom stereocenters. The van der Waals surface area contributed by atoms with Gasteiger partial charge in [0, 0.05) is 12.6 Å². The molecule has 1 aliphatic rings. The van der Waals surface area contributed by atoms with Crippen LogP contribution in [0, 0.1) is 6.92 Å². The fourth-order valence-electron chi connectivity index (χ4n) is 2.51. The molecule has 0 fully saturated rings. The number of carbonyl (C=O) groups is 1. The van der Waals surface area contributed by atoms with Gasteiger partial charge in [0.15, 0.2) is 5.76 Å². The van der Waals surface area contributed by atoms with Crippen LogP contribution in [-0.4, -0.2) is 27.9 Å². The van der Waals surface area contributed by atoms with E-state index in [4.69, 9.17) is 4.42 Å². The van der Waals surface area contributed by atoms with E-state index >= 15 is 0 Å². The van der Waals surface area contributed by atoms with Gasteiger partial charge in [0.05, 0.1) is 0 Å². The Hall–Kier alpha value is -1.60. The minimum absolute atomic E-state index is 0.00450. The number of rotatable bonds is 6. The molecule has 1 aromatic heterocycles. The molecule has 122 valence electrons. The molecule has 0 spiro atoms. The third-order valence-corrected chi connectivity index (χ3v) is 5.29. The van der Waals surface area contributed by atoms with E-state index in [9.17, 15) is 13.2 Å². The van der Waals surface area contributed by atoms with Crippen LogP contribution in [0.1, 0.15) is 48.4 Å². The summed E-state index contributed by atoms with van der Waals surface area (Å²) in [6.45, 7) is 2.05. The summed E-state index contributed by atoms with van der Waals surface area (Å²) in [5, 5.41) is 2.77. The van der Waals surface area contributed by atoms with Crippen LogP contribution in [0.3, 0.4) is 0 Å². The quantitative estimate of drug-likeness (QED) is 0.784. The minimum Gasteiger partial charge on any atom is -0.455 e. The van der Waals surface area contributed by atoms with Crippen molar-refractivity contribution < 1.29 is 17.6 Å². The van der Waals surface area contributed by atoms with E-state index < -0.39 is 15.9 Å². The molecule has 7 heteroatoms. The maximum Gasteiger partial charge on any atom is 0.287 e. The molecule has 1 amide bonds. The van der Waals surface area contributed by atoms with E-state index in [-0.39, 0.29) is 16.4 Å². The summed E-state index contributed by atoms with van der Waals surface area (Å²) in [5.74, 6) is -0.171. The fourth-order valence-corrected chi connectivity index (χ4v) is 3.41. The minimum atomic E-state index is -3.61. The number of amides is 1. The molecule has 1 heterocycles. The highest BCUT2D eigenvalue weighted by Crippen LogP contribution is 2.21. The molecule has 1 aromatic rings. The standard InChI is InChI=1S/C15H22N2O4S/c1-11-14(22(19,20)16-2)10-13(21-11)15(18)17-9-8-12-6-4-3-5-7-12/h6,10,16H,3-5,7-9H2,1-2H3,(H,17,18). The molecule has 2 N–H and O–H groups in total. The van der Waals surface area contributed by atoms with E-state index in [0.29, 0.717) is 6.54 Å². The summed E-state index contributed by atoms with van der Waals surface area (Å²) in [6, 6.07) is 1.26. The number of hydrogen-bond donors (Lipinski definition) is 2. The van der Waals surface area contributed by atoms with E-state index in [1.54, 1.807) is 0 Å². The van der Waals surface area contributed by atoms with Gasteiger partial charge >= 0.3 is 0 Å². The molecule has 0 bridgehead atoms. The SMILES string of the molecule is CNS(=O)(=O)c1cc(C(=O)NCCC2=CCCCC2)oc1C. The van der Waals surface area contributed by atoms with Crippen molar-refractivity contribution in [2.75, 3.05) is 13.6 Å². The molecule has 0 aromatic carbocycles. The molecule has 6 nitrogen and oxygen atoms in total. The Kier molecular flexibility index (Phi) is 5.42. The van der Waals surface area contributed by atoms with Crippen LogP contribution in [0.15, 0.2) is 27.0 Å². The fraction of sp³-hybridized carbons (Fsp3) is 0.533. The zero-order valence-corrected chi connectivity index (χ0v) is 13.8. The second-order valence-electron chi connectivity index (χ2n) is 5.35. The van der Waals surface area contributed by atoms with Gasteiger partial charge in [0.1, 0.15) is 10.7 Å². The maximum absolute atomic E-state index is 12.0. The second kappa shape index (κ2) is 7.11. The number of allylic oxidation sites excluding steroid dienone is 1. The van der Waals surface area contributed by atoms with Gasteiger partial charge in [-0.1, -0.05) is 11.6 Å². The number of aryl methyl sites for hydroxylation is 1. The van der Waals surface area contributed by atoms with E-state index in [2.05, 4.69) is 16.1 Å². The van der Waals surface area contributed by atoms with Gasteiger partial charge in [-0.05, 0) is 46.1 Å². The molecule has 22 heavy (non-hydrogen) atoms. The Morgan fingerprint density at radius 3 is 2.77 bits per heavy atom. The monoisotopic (exact) mass is 326 g/mol. The second-order valence-corrected chi connectivity index (χ2v) is 7.21. The smallest absolute Gasteiger partial charge is 0.287 e. The Morgan fingerprint density at radius 1 is 1.36 bits per heavy atom. The first-order chi connectivity index (χ1) is 10.4. The lowest BCUT2D eigenvalue weighted by molar-refractivity contribution is 0.0925. The van der Waals surface area contributed by atoms with Crippen LogP contribution < -0.4 is 10.0 Å².